The molecule has 0 fully saturated rings. The van der Waals surface area contributed by atoms with E-state index in [1.807, 2.05) is 18.2 Å². The Morgan fingerprint density at radius 3 is 2.67 bits per heavy atom. The minimum absolute atomic E-state index is 0.310. The highest BCUT2D eigenvalue weighted by Crippen LogP contribution is 2.13. The van der Waals surface area contributed by atoms with Crippen molar-refractivity contribution < 1.29 is 10.0 Å². The molecule has 0 bridgehead atoms. The Balaban J connectivity index is 2.30. The molecule has 2 N–H and O–H groups in total. The van der Waals surface area contributed by atoms with E-state index < -0.39 is 0 Å². The number of hydroxylamine groups is 1. The minimum atomic E-state index is -0.310. The first-order valence-corrected chi connectivity index (χ1v) is 5.19. The van der Waals surface area contributed by atoms with Crippen LogP contribution in [0.4, 0.5) is 0 Å². The highest BCUT2D eigenvalue weighted by atomic mass is 16.5. The summed E-state index contributed by atoms with van der Waals surface area (Å²) in [5, 5.41) is 8.34. The van der Waals surface area contributed by atoms with Crippen LogP contribution in [0.3, 0.4) is 0 Å². The summed E-state index contributed by atoms with van der Waals surface area (Å²) in [6, 6.07) is 10.2. The van der Waals surface area contributed by atoms with E-state index in [1.165, 1.54) is 5.56 Å². The van der Waals surface area contributed by atoms with Gasteiger partial charge < -0.3 is 0 Å². The monoisotopic (exact) mass is 207 g/mol. The quantitative estimate of drug-likeness (QED) is 0.574. The summed E-state index contributed by atoms with van der Waals surface area (Å²) >= 11 is 0. The van der Waals surface area contributed by atoms with Crippen molar-refractivity contribution >= 4 is 5.91 Å². The van der Waals surface area contributed by atoms with Crippen molar-refractivity contribution in [2.24, 2.45) is 5.92 Å². The van der Waals surface area contributed by atoms with E-state index in [-0.39, 0.29) is 5.91 Å². The van der Waals surface area contributed by atoms with Gasteiger partial charge in [-0.1, -0.05) is 37.3 Å². The number of carbonyl (C=O) groups is 1. The third-order valence-electron chi connectivity index (χ3n) is 2.42. The largest absolute Gasteiger partial charge is 0.289 e. The molecule has 0 saturated heterocycles. The summed E-state index contributed by atoms with van der Waals surface area (Å²) in [5.74, 6) is 0.139. The van der Waals surface area contributed by atoms with Crippen LogP contribution in [0.5, 0.6) is 0 Å². The number of benzene rings is 1. The second kappa shape index (κ2) is 6.19. The lowest BCUT2D eigenvalue weighted by atomic mass is 9.97. The first-order valence-electron chi connectivity index (χ1n) is 5.19. The van der Waals surface area contributed by atoms with Crippen molar-refractivity contribution in [3.63, 3.8) is 0 Å². The third-order valence-corrected chi connectivity index (χ3v) is 2.42. The molecular weight excluding hydrogens is 190 g/mol. The standard InChI is InChI=1S/C12H17NO2/c1-10(7-8-12(14)13-15)9-11-5-3-2-4-6-11/h2-6,10,15H,7-9H2,1H3,(H,13,14). The maximum Gasteiger partial charge on any atom is 0.243 e. The molecule has 0 saturated carbocycles. The molecule has 0 aliphatic rings. The van der Waals surface area contributed by atoms with Crippen molar-refractivity contribution in [1.29, 1.82) is 0 Å². The second-order valence-corrected chi connectivity index (χ2v) is 3.87. The summed E-state index contributed by atoms with van der Waals surface area (Å²) < 4.78 is 0. The van der Waals surface area contributed by atoms with E-state index in [9.17, 15) is 4.79 Å². The van der Waals surface area contributed by atoms with Crippen LogP contribution in [-0.2, 0) is 11.2 Å². The number of amides is 1. The van der Waals surface area contributed by atoms with Crippen LogP contribution in [0, 0.1) is 5.92 Å². The Morgan fingerprint density at radius 1 is 1.40 bits per heavy atom. The molecule has 3 nitrogen and oxygen atoms in total. The zero-order valence-electron chi connectivity index (χ0n) is 8.94. The Kier molecular flexibility index (Phi) is 4.84. The number of carbonyl (C=O) groups excluding carboxylic acids is 1. The maximum absolute atomic E-state index is 10.8. The van der Waals surface area contributed by atoms with Gasteiger partial charge in [0.25, 0.3) is 0 Å². The predicted octanol–water partition coefficient (Wildman–Crippen LogP) is 2.15. The number of nitrogens with one attached hydrogen (secondary N) is 1. The fourth-order valence-corrected chi connectivity index (χ4v) is 1.55. The van der Waals surface area contributed by atoms with E-state index in [4.69, 9.17) is 5.21 Å². The van der Waals surface area contributed by atoms with E-state index in [0.717, 1.165) is 12.8 Å². The van der Waals surface area contributed by atoms with Crippen molar-refractivity contribution in [2.75, 3.05) is 0 Å². The summed E-state index contributed by atoms with van der Waals surface area (Å²) in [4.78, 5) is 10.8. The molecule has 0 heterocycles. The molecule has 1 unspecified atom stereocenters. The second-order valence-electron chi connectivity index (χ2n) is 3.87. The Hall–Kier alpha value is -1.35. The molecule has 15 heavy (non-hydrogen) atoms. The lowest BCUT2D eigenvalue weighted by molar-refractivity contribution is -0.129. The van der Waals surface area contributed by atoms with E-state index in [0.29, 0.717) is 12.3 Å². The first-order chi connectivity index (χ1) is 7.22. The smallest absolute Gasteiger partial charge is 0.243 e. The van der Waals surface area contributed by atoms with Gasteiger partial charge in [0, 0.05) is 6.42 Å². The molecule has 0 aromatic heterocycles. The Labute approximate surface area is 90.1 Å². The topological polar surface area (TPSA) is 49.3 Å². The summed E-state index contributed by atoms with van der Waals surface area (Å²) in [5.41, 5.74) is 2.93. The highest BCUT2D eigenvalue weighted by Gasteiger charge is 2.06. The summed E-state index contributed by atoms with van der Waals surface area (Å²) in [7, 11) is 0. The molecule has 82 valence electrons. The number of rotatable bonds is 5. The van der Waals surface area contributed by atoms with Gasteiger partial charge in [-0.2, -0.15) is 0 Å². The van der Waals surface area contributed by atoms with Crippen LogP contribution in [-0.4, -0.2) is 11.1 Å². The van der Waals surface area contributed by atoms with Gasteiger partial charge in [0.05, 0.1) is 0 Å². The maximum atomic E-state index is 10.8. The molecule has 1 atom stereocenters. The van der Waals surface area contributed by atoms with Gasteiger partial charge in [0.15, 0.2) is 0 Å². The molecule has 1 amide bonds. The van der Waals surface area contributed by atoms with Crippen LogP contribution >= 0.6 is 0 Å². The van der Waals surface area contributed by atoms with E-state index in [2.05, 4.69) is 19.1 Å². The highest BCUT2D eigenvalue weighted by molar-refractivity contribution is 5.74. The normalized spacial score (nSPS) is 12.1. The lowest BCUT2D eigenvalue weighted by Crippen LogP contribution is -2.19. The van der Waals surface area contributed by atoms with Crippen LogP contribution in [0.1, 0.15) is 25.3 Å². The van der Waals surface area contributed by atoms with Crippen LogP contribution < -0.4 is 5.48 Å². The van der Waals surface area contributed by atoms with Crippen LogP contribution in [0.15, 0.2) is 30.3 Å². The lowest BCUT2D eigenvalue weighted by Gasteiger charge is -2.10. The predicted molar refractivity (Wildman–Crippen MR) is 58.5 cm³/mol. The van der Waals surface area contributed by atoms with Crippen molar-refractivity contribution in [3.05, 3.63) is 35.9 Å². The number of hydrogen-bond acceptors (Lipinski definition) is 2. The average Bonchev–Trinajstić information content (AvgIpc) is 2.27. The molecule has 0 spiro atoms. The molecule has 1 aromatic rings. The van der Waals surface area contributed by atoms with Crippen molar-refractivity contribution in [2.45, 2.75) is 26.2 Å². The SMILES string of the molecule is CC(CCC(=O)NO)Cc1ccccc1. The molecule has 0 aliphatic heterocycles. The zero-order chi connectivity index (χ0) is 11.1. The number of hydrogen-bond donors (Lipinski definition) is 2. The third kappa shape index (κ3) is 4.61. The fourth-order valence-electron chi connectivity index (χ4n) is 1.55. The fraction of sp³-hybridized carbons (Fsp3) is 0.417. The molecular formula is C12H17NO2. The van der Waals surface area contributed by atoms with E-state index >= 15 is 0 Å². The van der Waals surface area contributed by atoms with E-state index in [1.54, 1.807) is 5.48 Å². The van der Waals surface area contributed by atoms with Crippen LogP contribution in [0.2, 0.25) is 0 Å². The van der Waals surface area contributed by atoms with Gasteiger partial charge in [-0.05, 0) is 24.3 Å². The van der Waals surface area contributed by atoms with Gasteiger partial charge >= 0.3 is 0 Å². The summed E-state index contributed by atoms with van der Waals surface area (Å²) in [6.07, 6.45) is 2.14. The minimum Gasteiger partial charge on any atom is -0.289 e. The zero-order valence-corrected chi connectivity index (χ0v) is 8.94. The average molecular weight is 207 g/mol. The van der Waals surface area contributed by atoms with Crippen molar-refractivity contribution in [3.8, 4) is 0 Å². The van der Waals surface area contributed by atoms with Gasteiger partial charge in [-0.25, -0.2) is 5.48 Å². The molecule has 1 rings (SSSR count). The summed E-state index contributed by atoms with van der Waals surface area (Å²) in [6.45, 7) is 2.11. The van der Waals surface area contributed by atoms with Gasteiger partial charge in [0.1, 0.15) is 0 Å². The van der Waals surface area contributed by atoms with Gasteiger partial charge in [-0.3, -0.25) is 10.0 Å². The Bertz CT molecular complexity index is 298. The molecule has 1 aromatic carbocycles. The molecule has 3 heteroatoms. The van der Waals surface area contributed by atoms with Gasteiger partial charge in [0.2, 0.25) is 5.91 Å². The Morgan fingerprint density at radius 2 is 2.07 bits per heavy atom. The van der Waals surface area contributed by atoms with Crippen molar-refractivity contribution in [1.82, 2.24) is 5.48 Å². The molecule has 0 aliphatic carbocycles. The van der Waals surface area contributed by atoms with Crippen LogP contribution in [0.25, 0.3) is 0 Å². The molecule has 0 radical (unpaired) electrons. The first kappa shape index (κ1) is 11.7. The van der Waals surface area contributed by atoms with Gasteiger partial charge in [-0.15, -0.1) is 0 Å².